The molecule has 2 N–H and O–H groups in total. The maximum atomic E-state index is 12.6. The number of ether oxygens (including phenoxy) is 2. The van der Waals surface area contributed by atoms with Crippen LogP contribution in [0.4, 0.5) is 0 Å². The highest BCUT2D eigenvalue weighted by molar-refractivity contribution is 7.99. The number of aromatic nitrogens is 3. The minimum absolute atomic E-state index is 0.118. The molecular formula is C18H19ClN4O4S3. The SMILES string of the molecule is COCCCNC(=O)CSc1nc2c(sc(=S)n2-c2cc(Cl)ccc2OC)c(=O)[nH]1. The largest absolute Gasteiger partial charge is 0.495 e. The third-order valence-corrected chi connectivity index (χ3v) is 6.46. The summed E-state index contributed by atoms with van der Waals surface area (Å²) in [7, 11) is 3.15. The van der Waals surface area contributed by atoms with Crippen LogP contribution in [0.5, 0.6) is 5.75 Å². The molecule has 12 heteroatoms. The van der Waals surface area contributed by atoms with Crippen molar-refractivity contribution in [1.29, 1.82) is 0 Å². The van der Waals surface area contributed by atoms with Crippen molar-refractivity contribution in [2.75, 3.05) is 33.1 Å². The fourth-order valence-corrected chi connectivity index (χ4v) is 4.75. The molecule has 0 saturated carbocycles. The molecular weight excluding hydrogens is 468 g/mol. The van der Waals surface area contributed by atoms with Gasteiger partial charge in [-0.1, -0.05) is 34.7 Å². The Hall–Kier alpha value is -1.92. The smallest absolute Gasteiger partial charge is 0.271 e. The summed E-state index contributed by atoms with van der Waals surface area (Å²) in [6.07, 6.45) is 0.728. The molecule has 0 bridgehead atoms. The van der Waals surface area contributed by atoms with Gasteiger partial charge >= 0.3 is 0 Å². The number of methoxy groups -OCH3 is 2. The highest BCUT2D eigenvalue weighted by Crippen LogP contribution is 2.31. The Balaban J connectivity index is 1.91. The lowest BCUT2D eigenvalue weighted by atomic mass is 10.3. The average Bonchev–Trinajstić information content (AvgIpc) is 3.06. The summed E-state index contributed by atoms with van der Waals surface area (Å²) in [4.78, 5) is 31.8. The number of amides is 1. The summed E-state index contributed by atoms with van der Waals surface area (Å²) in [6.45, 7) is 1.10. The van der Waals surface area contributed by atoms with Gasteiger partial charge in [-0.05, 0) is 36.8 Å². The van der Waals surface area contributed by atoms with Crippen LogP contribution in [0.15, 0.2) is 28.2 Å². The second-order valence-electron chi connectivity index (χ2n) is 6.03. The first-order chi connectivity index (χ1) is 14.4. The van der Waals surface area contributed by atoms with Gasteiger partial charge in [-0.3, -0.25) is 14.2 Å². The van der Waals surface area contributed by atoms with E-state index in [2.05, 4.69) is 15.3 Å². The molecule has 2 heterocycles. The lowest BCUT2D eigenvalue weighted by Gasteiger charge is -2.11. The average molecular weight is 487 g/mol. The Morgan fingerprint density at radius 3 is 2.97 bits per heavy atom. The van der Waals surface area contributed by atoms with Crippen molar-refractivity contribution in [3.05, 3.63) is 37.5 Å². The van der Waals surface area contributed by atoms with Gasteiger partial charge in [-0.15, -0.1) is 0 Å². The Morgan fingerprint density at radius 1 is 1.43 bits per heavy atom. The predicted molar refractivity (Wildman–Crippen MR) is 122 cm³/mol. The van der Waals surface area contributed by atoms with Crippen LogP contribution in [0.1, 0.15) is 6.42 Å². The predicted octanol–water partition coefficient (Wildman–Crippen LogP) is 3.41. The zero-order valence-electron chi connectivity index (χ0n) is 16.2. The number of carbonyl (C=O) groups is 1. The number of halogens is 1. The first kappa shape index (κ1) is 22.8. The van der Waals surface area contributed by atoms with Crippen LogP contribution in [-0.4, -0.2) is 53.6 Å². The van der Waals surface area contributed by atoms with Gasteiger partial charge in [0.15, 0.2) is 14.8 Å². The summed E-state index contributed by atoms with van der Waals surface area (Å²) in [5.41, 5.74) is 0.655. The van der Waals surface area contributed by atoms with E-state index in [1.54, 1.807) is 29.9 Å². The van der Waals surface area contributed by atoms with Gasteiger partial charge in [-0.2, -0.15) is 0 Å². The monoisotopic (exact) mass is 486 g/mol. The number of thioether (sulfide) groups is 1. The quantitative estimate of drug-likeness (QED) is 0.207. The van der Waals surface area contributed by atoms with E-state index < -0.39 is 0 Å². The number of nitrogens with one attached hydrogen (secondary N) is 2. The summed E-state index contributed by atoms with van der Waals surface area (Å²) in [5, 5.41) is 3.61. The van der Waals surface area contributed by atoms with E-state index in [0.717, 1.165) is 29.5 Å². The lowest BCUT2D eigenvalue weighted by Crippen LogP contribution is -2.27. The van der Waals surface area contributed by atoms with Gasteiger partial charge in [0.05, 0.1) is 18.6 Å². The fraction of sp³-hybridized carbons (Fsp3) is 0.333. The molecule has 3 aromatic rings. The van der Waals surface area contributed by atoms with Gasteiger partial charge in [-0.25, -0.2) is 4.98 Å². The molecule has 3 rings (SSSR count). The van der Waals surface area contributed by atoms with Gasteiger partial charge in [0, 0.05) is 25.3 Å². The maximum Gasteiger partial charge on any atom is 0.271 e. The Bertz CT molecular complexity index is 1170. The molecule has 30 heavy (non-hydrogen) atoms. The number of thiazole rings is 1. The standard InChI is InChI=1S/C18H19ClN4O4S3/c1-26-7-3-6-20-13(24)9-29-17-21-15-14(16(25)22-17)30-18(28)23(15)11-8-10(19)4-5-12(11)27-2/h4-5,8H,3,6-7,9H2,1-2H3,(H,20,24)(H,21,22,25). The van der Waals surface area contributed by atoms with Crippen LogP contribution in [0.3, 0.4) is 0 Å². The van der Waals surface area contributed by atoms with E-state index in [1.165, 1.54) is 7.11 Å². The normalized spacial score (nSPS) is 11.0. The first-order valence-electron chi connectivity index (χ1n) is 8.82. The van der Waals surface area contributed by atoms with Gasteiger partial charge in [0.25, 0.3) is 5.56 Å². The number of benzene rings is 1. The number of nitrogens with zero attached hydrogens (tertiary/aromatic N) is 2. The fourth-order valence-electron chi connectivity index (χ4n) is 2.64. The molecule has 0 fully saturated rings. The molecule has 0 unspecified atom stereocenters. The van der Waals surface area contributed by atoms with Crippen molar-refractivity contribution in [3.63, 3.8) is 0 Å². The third-order valence-electron chi connectivity index (χ3n) is 3.99. The summed E-state index contributed by atoms with van der Waals surface area (Å²) in [5.74, 6) is 0.506. The number of aromatic amines is 1. The first-order valence-corrected chi connectivity index (χ1v) is 11.4. The molecule has 0 aliphatic heterocycles. The zero-order chi connectivity index (χ0) is 21.7. The van der Waals surface area contributed by atoms with Crippen LogP contribution in [0.25, 0.3) is 16.0 Å². The van der Waals surface area contributed by atoms with Crippen molar-refractivity contribution in [2.45, 2.75) is 11.6 Å². The maximum absolute atomic E-state index is 12.6. The zero-order valence-corrected chi connectivity index (χ0v) is 19.4. The van der Waals surface area contributed by atoms with E-state index in [9.17, 15) is 9.59 Å². The second kappa shape index (κ2) is 10.4. The van der Waals surface area contributed by atoms with Gasteiger partial charge in [0.1, 0.15) is 10.4 Å². The molecule has 0 spiro atoms. The topological polar surface area (TPSA) is 98.2 Å². The van der Waals surface area contributed by atoms with E-state index in [-0.39, 0.29) is 17.2 Å². The van der Waals surface area contributed by atoms with Crippen molar-refractivity contribution in [3.8, 4) is 11.4 Å². The molecule has 1 aromatic carbocycles. The number of carbonyl (C=O) groups excluding carboxylic acids is 1. The molecule has 0 saturated heterocycles. The van der Waals surface area contributed by atoms with E-state index in [0.29, 0.717) is 49.1 Å². The van der Waals surface area contributed by atoms with Crippen molar-refractivity contribution in [1.82, 2.24) is 19.9 Å². The minimum atomic E-state index is -0.321. The minimum Gasteiger partial charge on any atom is -0.495 e. The highest BCUT2D eigenvalue weighted by atomic mass is 35.5. The Morgan fingerprint density at radius 2 is 2.23 bits per heavy atom. The molecule has 8 nitrogen and oxygen atoms in total. The van der Waals surface area contributed by atoms with Crippen molar-refractivity contribution < 1.29 is 14.3 Å². The number of hydrogen-bond acceptors (Lipinski definition) is 8. The molecule has 2 aromatic heterocycles. The molecule has 0 aliphatic rings. The lowest BCUT2D eigenvalue weighted by molar-refractivity contribution is -0.118. The van der Waals surface area contributed by atoms with Crippen LogP contribution >= 0.6 is 46.9 Å². The Labute approximate surface area is 190 Å². The van der Waals surface area contributed by atoms with E-state index in [4.69, 9.17) is 33.3 Å². The van der Waals surface area contributed by atoms with Crippen LogP contribution < -0.4 is 15.6 Å². The van der Waals surface area contributed by atoms with Crippen LogP contribution in [0.2, 0.25) is 5.02 Å². The van der Waals surface area contributed by atoms with Gasteiger partial charge in [0.2, 0.25) is 5.91 Å². The summed E-state index contributed by atoms with van der Waals surface area (Å²) < 4.78 is 12.8. The van der Waals surface area contributed by atoms with E-state index >= 15 is 0 Å². The molecule has 160 valence electrons. The molecule has 0 aliphatic carbocycles. The third kappa shape index (κ3) is 5.22. The van der Waals surface area contributed by atoms with Crippen LogP contribution in [-0.2, 0) is 9.53 Å². The number of rotatable bonds is 9. The number of H-pyrrole nitrogens is 1. The second-order valence-corrected chi connectivity index (χ2v) is 9.07. The summed E-state index contributed by atoms with van der Waals surface area (Å²) in [6, 6.07) is 5.13. The molecule has 0 radical (unpaired) electrons. The van der Waals surface area contributed by atoms with Crippen molar-refractivity contribution in [2.24, 2.45) is 0 Å². The molecule has 0 atom stereocenters. The highest BCUT2D eigenvalue weighted by Gasteiger charge is 2.17. The number of hydrogen-bond donors (Lipinski definition) is 2. The van der Waals surface area contributed by atoms with Crippen LogP contribution in [0, 0.1) is 3.95 Å². The van der Waals surface area contributed by atoms with E-state index in [1.807, 2.05) is 0 Å². The summed E-state index contributed by atoms with van der Waals surface area (Å²) >= 11 is 13.9. The molecule has 1 amide bonds. The van der Waals surface area contributed by atoms with Crippen molar-refractivity contribution >= 4 is 63.2 Å². The van der Waals surface area contributed by atoms with Gasteiger partial charge < -0.3 is 19.8 Å². The number of fused-ring (bicyclic) bond motifs is 1. The Kier molecular flexibility index (Phi) is 7.89.